The highest BCUT2D eigenvalue weighted by Crippen LogP contribution is 2.31. The van der Waals surface area contributed by atoms with Crippen LogP contribution >= 0.6 is 11.6 Å². The summed E-state index contributed by atoms with van der Waals surface area (Å²) in [5.74, 6) is 0.471. The second-order valence-corrected chi connectivity index (χ2v) is 8.35. The van der Waals surface area contributed by atoms with E-state index < -0.39 is 0 Å². The zero-order valence-electron chi connectivity index (χ0n) is 18.8. The van der Waals surface area contributed by atoms with Crippen LogP contribution in [0.4, 0.5) is 5.95 Å². The van der Waals surface area contributed by atoms with Gasteiger partial charge in [0.15, 0.2) is 0 Å². The molecule has 8 heteroatoms. The van der Waals surface area contributed by atoms with E-state index in [-0.39, 0.29) is 5.56 Å². The fraction of sp³-hybridized carbons (Fsp3) is 0.280. The molecule has 7 nitrogen and oxygen atoms in total. The Morgan fingerprint density at radius 2 is 1.91 bits per heavy atom. The molecule has 3 heterocycles. The standard InChI is InChI=1S/C25H27ClN6O/c1-16-7-6-8-22(30-16)17-9-10-19(21(26)14-17)20-13-18-15-29-25(28-2)31-23(18)32(24(20)33)12-5-3-4-11-27/h6-10,13-15H,3-5,11-12,27H2,1-2H3,(H,28,29,31). The van der Waals surface area contributed by atoms with Crippen molar-refractivity contribution in [1.82, 2.24) is 19.5 Å². The average molecular weight is 463 g/mol. The van der Waals surface area contributed by atoms with Gasteiger partial charge in [0.2, 0.25) is 5.95 Å². The van der Waals surface area contributed by atoms with Gasteiger partial charge in [0.25, 0.3) is 5.56 Å². The lowest BCUT2D eigenvalue weighted by Crippen LogP contribution is -2.23. The molecule has 33 heavy (non-hydrogen) atoms. The van der Waals surface area contributed by atoms with Crippen molar-refractivity contribution in [3.63, 3.8) is 0 Å². The molecule has 0 amide bonds. The average Bonchev–Trinajstić information content (AvgIpc) is 2.82. The SMILES string of the molecule is CNc1ncc2cc(-c3ccc(-c4cccc(C)n4)cc3Cl)c(=O)n(CCCCCN)c2n1. The quantitative estimate of drug-likeness (QED) is 0.370. The number of hydrogen-bond acceptors (Lipinski definition) is 6. The highest BCUT2D eigenvalue weighted by molar-refractivity contribution is 6.33. The van der Waals surface area contributed by atoms with Gasteiger partial charge in [0, 0.05) is 52.6 Å². The predicted octanol–water partition coefficient (Wildman–Crippen LogP) is 4.65. The van der Waals surface area contributed by atoms with Crippen molar-refractivity contribution in [3.8, 4) is 22.4 Å². The van der Waals surface area contributed by atoms with Crippen LogP contribution in [0.2, 0.25) is 5.02 Å². The molecular formula is C25H27ClN6O. The number of nitrogens with one attached hydrogen (secondary N) is 1. The van der Waals surface area contributed by atoms with Crippen LogP contribution in [-0.4, -0.2) is 33.1 Å². The van der Waals surface area contributed by atoms with Gasteiger partial charge in [-0.05, 0) is 50.6 Å². The number of unbranched alkanes of at least 4 members (excludes halogenated alkanes) is 2. The smallest absolute Gasteiger partial charge is 0.260 e. The van der Waals surface area contributed by atoms with Crippen LogP contribution in [0, 0.1) is 6.92 Å². The van der Waals surface area contributed by atoms with Gasteiger partial charge >= 0.3 is 0 Å². The maximum atomic E-state index is 13.6. The summed E-state index contributed by atoms with van der Waals surface area (Å²) in [6.07, 6.45) is 4.42. The normalized spacial score (nSPS) is 11.2. The number of aryl methyl sites for hydroxylation is 2. The van der Waals surface area contributed by atoms with Crippen LogP contribution < -0.4 is 16.6 Å². The van der Waals surface area contributed by atoms with E-state index in [9.17, 15) is 4.79 Å². The number of fused-ring (bicyclic) bond motifs is 1. The third-order valence-electron chi connectivity index (χ3n) is 5.58. The summed E-state index contributed by atoms with van der Waals surface area (Å²) >= 11 is 6.69. The van der Waals surface area contributed by atoms with Crippen LogP contribution in [0.25, 0.3) is 33.4 Å². The van der Waals surface area contributed by atoms with Gasteiger partial charge in [-0.3, -0.25) is 14.3 Å². The molecule has 0 saturated heterocycles. The number of benzene rings is 1. The van der Waals surface area contributed by atoms with E-state index in [1.807, 2.05) is 49.4 Å². The molecule has 0 atom stereocenters. The minimum atomic E-state index is -0.126. The number of pyridine rings is 2. The van der Waals surface area contributed by atoms with Crippen LogP contribution in [0.3, 0.4) is 0 Å². The van der Waals surface area contributed by atoms with Crippen molar-refractivity contribution in [2.24, 2.45) is 5.73 Å². The molecule has 1 aromatic carbocycles. The summed E-state index contributed by atoms with van der Waals surface area (Å²) in [4.78, 5) is 27.0. The number of halogens is 1. The van der Waals surface area contributed by atoms with Gasteiger partial charge < -0.3 is 11.1 Å². The largest absolute Gasteiger partial charge is 0.357 e. The van der Waals surface area contributed by atoms with Crippen molar-refractivity contribution in [1.29, 1.82) is 0 Å². The Morgan fingerprint density at radius 3 is 2.64 bits per heavy atom. The third kappa shape index (κ3) is 4.89. The fourth-order valence-electron chi connectivity index (χ4n) is 3.87. The summed E-state index contributed by atoms with van der Waals surface area (Å²) in [5.41, 5.74) is 9.98. The summed E-state index contributed by atoms with van der Waals surface area (Å²) < 4.78 is 1.72. The first-order valence-electron chi connectivity index (χ1n) is 11.0. The Balaban J connectivity index is 1.81. The summed E-state index contributed by atoms with van der Waals surface area (Å²) in [7, 11) is 1.75. The van der Waals surface area contributed by atoms with E-state index in [1.165, 1.54) is 0 Å². The Hall–Kier alpha value is -3.29. The minimum Gasteiger partial charge on any atom is -0.357 e. The van der Waals surface area contributed by atoms with E-state index in [2.05, 4.69) is 20.3 Å². The maximum Gasteiger partial charge on any atom is 0.260 e. The molecule has 3 N–H and O–H groups in total. The van der Waals surface area contributed by atoms with Gasteiger partial charge in [0.05, 0.1) is 5.69 Å². The van der Waals surface area contributed by atoms with Gasteiger partial charge in [-0.25, -0.2) is 4.98 Å². The number of aromatic nitrogens is 4. The molecule has 170 valence electrons. The molecular weight excluding hydrogens is 436 g/mol. The maximum absolute atomic E-state index is 13.6. The first-order chi connectivity index (χ1) is 16.0. The molecule has 0 bridgehead atoms. The van der Waals surface area contributed by atoms with E-state index in [0.717, 1.165) is 41.6 Å². The monoisotopic (exact) mass is 462 g/mol. The molecule has 0 aliphatic rings. The molecule has 0 aliphatic carbocycles. The number of anilines is 1. The number of hydrogen-bond donors (Lipinski definition) is 2. The van der Waals surface area contributed by atoms with Gasteiger partial charge in [0.1, 0.15) is 5.65 Å². The molecule has 0 aliphatic heterocycles. The van der Waals surface area contributed by atoms with Gasteiger partial charge in [-0.2, -0.15) is 4.98 Å². The first-order valence-corrected chi connectivity index (χ1v) is 11.4. The molecule has 0 radical (unpaired) electrons. The zero-order chi connectivity index (χ0) is 23.4. The van der Waals surface area contributed by atoms with Crippen LogP contribution in [0.1, 0.15) is 25.0 Å². The van der Waals surface area contributed by atoms with E-state index in [4.69, 9.17) is 17.3 Å². The Morgan fingerprint density at radius 1 is 1.06 bits per heavy atom. The van der Waals surface area contributed by atoms with Crippen molar-refractivity contribution >= 4 is 28.6 Å². The van der Waals surface area contributed by atoms with Crippen molar-refractivity contribution < 1.29 is 0 Å². The Bertz CT molecular complexity index is 1350. The Labute approximate surface area is 197 Å². The van der Waals surface area contributed by atoms with Crippen molar-refractivity contribution in [3.05, 3.63) is 69.7 Å². The second kappa shape index (κ2) is 10.1. The molecule has 4 aromatic rings. The molecule has 0 spiro atoms. The van der Waals surface area contributed by atoms with Crippen molar-refractivity contribution in [2.75, 3.05) is 18.9 Å². The lowest BCUT2D eigenvalue weighted by molar-refractivity contribution is 0.589. The van der Waals surface area contributed by atoms with E-state index >= 15 is 0 Å². The molecule has 0 unspecified atom stereocenters. The Kier molecular flexibility index (Phi) is 7.01. The van der Waals surface area contributed by atoms with Gasteiger partial charge in [-0.1, -0.05) is 36.2 Å². The highest BCUT2D eigenvalue weighted by atomic mass is 35.5. The lowest BCUT2D eigenvalue weighted by atomic mass is 10.0. The van der Waals surface area contributed by atoms with E-state index in [1.54, 1.807) is 17.8 Å². The molecule has 0 fully saturated rings. The van der Waals surface area contributed by atoms with Crippen LogP contribution in [0.5, 0.6) is 0 Å². The summed E-state index contributed by atoms with van der Waals surface area (Å²) in [6.45, 7) is 3.14. The van der Waals surface area contributed by atoms with Crippen LogP contribution in [0.15, 0.2) is 53.5 Å². The van der Waals surface area contributed by atoms with E-state index in [0.29, 0.717) is 40.8 Å². The molecule has 4 rings (SSSR count). The second-order valence-electron chi connectivity index (χ2n) is 7.95. The summed E-state index contributed by atoms with van der Waals surface area (Å²) in [5, 5.41) is 4.22. The number of rotatable bonds is 8. The zero-order valence-corrected chi connectivity index (χ0v) is 19.6. The lowest BCUT2D eigenvalue weighted by Gasteiger charge is -2.14. The fourth-order valence-corrected chi connectivity index (χ4v) is 4.15. The van der Waals surface area contributed by atoms with Gasteiger partial charge in [-0.15, -0.1) is 0 Å². The highest BCUT2D eigenvalue weighted by Gasteiger charge is 2.16. The molecule has 0 saturated carbocycles. The first kappa shape index (κ1) is 22.9. The summed E-state index contributed by atoms with van der Waals surface area (Å²) in [6, 6.07) is 13.4. The minimum absolute atomic E-state index is 0.126. The van der Waals surface area contributed by atoms with Crippen molar-refractivity contribution in [2.45, 2.75) is 32.7 Å². The number of nitrogens with zero attached hydrogens (tertiary/aromatic N) is 4. The van der Waals surface area contributed by atoms with Crippen LogP contribution in [-0.2, 0) is 6.54 Å². The topological polar surface area (TPSA) is 98.7 Å². The molecule has 3 aromatic heterocycles. The third-order valence-corrected chi connectivity index (χ3v) is 5.89. The predicted molar refractivity (Wildman–Crippen MR) is 135 cm³/mol. The number of nitrogens with two attached hydrogens (primary N) is 1.